The lowest BCUT2D eigenvalue weighted by atomic mass is 10.3. The van der Waals surface area contributed by atoms with E-state index in [1.807, 2.05) is 38.1 Å². The SMILES string of the molecule is COC[C@@H](C)Oc1cccc(O[C@H](C)COC)c1. The maximum Gasteiger partial charge on any atom is 0.123 e. The highest BCUT2D eigenvalue weighted by Crippen LogP contribution is 2.21. The topological polar surface area (TPSA) is 36.9 Å². The van der Waals surface area contributed by atoms with Gasteiger partial charge in [-0.1, -0.05) is 6.07 Å². The predicted molar refractivity (Wildman–Crippen MR) is 70.4 cm³/mol. The highest BCUT2D eigenvalue weighted by Gasteiger charge is 2.07. The van der Waals surface area contributed by atoms with Gasteiger partial charge in [0.1, 0.15) is 23.7 Å². The van der Waals surface area contributed by atoms with Crippen molar-refractivity contribution in [1.82, 2.24) is 0 Å². The number of benzene rings is 1. The molecule has 0 bridgehead atoms. The molecule has 102 valence electrons. The quantitative estimate of drug-likeness (QED) is 0.714. The number of rotatable bonds is 8. The highest BCUT2D eigenvalue weighted by molar-refractivity contribution is 5.33. The van der Waals surface area contributed by atoms with E-state index >= 15 is 0 Å². The third-order valence-electron chi connectivity index (χ3n) is 2.28. The van der Waals surface area contributed by atoms with Crippen LogP contribution < -0.4 is 9.47 Å². The van der Waals surface area contributed by atoms with E-state index in [1.165, 1.54) is 0 Å². The van der Waals surface area contributed by atoms with Crippen molar-refractivity contribution in [2.24, 2.45) is 0 Å². The second kappa shape index (κ2) is 7.95. The molecule has 0 fully saturated rings. The molecule has 4 nitrogen and oxygen atoms in total. The second-order valence-electron chi connectivity index (χ2n) is 4.24. The van der Waals surface area contributed by atoms with Crippen molar-refractivity contribution < 1.29 is 18.9 Å². The smallest absolute Gasteiger partial charge is 0.123 e. The summed E-state index contributed by atoms with van der Waals surface area (Å²) in [5.41, 5.74) is 0. The Labute approximate surface area is 109 Å². The molecule has 0 unspecified atom stereocenters. The molecule has 0 spiro atoms. The van der Waals surface area contributed by atoms with Gasteiger partial charge in [0.25, 0.3) is 0 Å². The van der Waals surface area contributed by atoms with Crippen molar-refractivity contribution in [1.29, 1.82) is 0 Å². The first-order valence-electron chi connectivity index (χ1n) is 6.07. The van der Waals surface area contributed by atoms with E-state index in [1.54, 1.807) is 14.2 Å². The molecule has 1 rings (SSSR count). The summed E-state index contributed by atoms with van der Waals surface area (Å²) in [6, 6.07) is 7.59. The molecule has 0 N–H and O–H groups in total. The summed E-state index contributed by atoms with van der Waals surface area (Å²) in [5, 5.41) is 0. The van der Waals surface area contributed by atoms with Gasteiger partial charge in [-0.25, -0.2) is 0 Å². The van der Waals surface area contributed by atoms with E-state index in [9.17, 15) is 0 Å². The van der Waals surface area contributed by atoms with Crippen LogP contribution in [-0.2, 0) is 9.47 Å². The first-order valence-corrected chi connectivity index (χ1v) is 6.07. The average molecular weight is 254 g/mol. The Kier molecular flexibility index (Phi) is 6.54. The fraction of sp³-hybridized carbons (Fsp3) is 0.571. The van der Waals surface area contributed by atoms with Gasteiger partial charge in [-0.3, -0.25) is 0 Å². The molecule has 2 atom stereocenters. The van der Waals surface area contributed by atoms with E-state index in [2.05, 4.69) is 0 Å². The molecule has 0 aliphatic carbocycles. The van der Waals surface area contributed by atoms with Gasteiger partial charge in [0.05, 0.1) is 13.2 Å². The number of hydrogen-bond donors (Lipinski definition) is 0. The van der Waals surface area contributed by atoms with Crippen LogP contribution >= 0.6 is 0 Å². The van der Waals surface area contributed by atoms with Crippen LogP contribution in [0.15, 0.2) is 24.3 Å². The normalized spacial score (nSPS) is 14.0. The maximum atomic E-state index is 5.70. The van der Waals surface area contributed by atoms with Crippen LogP contribution in [0, 0.1) is 0 Å². The van der Waals surface area contributed by atoms with Crippen molar-refractivity contribution >= 4 is 0 Å². The van der Waals surface area contributed by atoms with Crippen molar-refractivity contribution in [2.75, 3.05) is 27.4 Å². The fourth-order valence-corrected chi connectivity index (χ4v) is 1.62. The van der Waals surface area contributed by atoms with E-state index in [0.29, 0.717) is 13.2 Å². The first kappa shape index (κ1) is 14.8. The Morgan fingerprint density at radius 3 is 1.72 bits per heavy atom. The number of methoxy groups -OCH3 is 2. The first-order chi connectivity index (χ1) is 8.65. The molecule has 1 aromatic rings. The third kappa shape index (κ3) is 5.38. The van der Waals surface area contributed by atoms with Crippen LogP contribution in [0.3, 0.4) is 0 Å². The molecule has 0 saturated heterocycles. The summed E-state index contributed by atoms with van der Waals surface area (Å²) in [6.07, 6.45) is 0.0308. The maximum absolute atomic E-state index is 5.70. The van der Waals surface area contributed by atoms with Gasteiger partial charge in [-0.2, -0.15) is 0 Å². The van der Waals surface area contributed by atoms with Crippen molar-refractivity contribution in [3.63, 3.8) is 0 Å². The van der Waals surface area contributed by atoms with Gasteiger partial charge >= 0.3 is 0 Å². The molecule has 0 radical (unpaired) electrons. The Bertz CT molecular complexity index is 311. The zero-order chi connectivity index (χ0) is 13.4. The Morgan fingerprint density at radius 2 is 1.33 bits per heavy atom. The van der Waals surface area contributed by atoms with Gasteiger partial charge in [-0.15, -0.1) is 0 Å². The summed E-state index contributed by atoms with van der Waals surface area (Å²) >= 11 is 0. The van der Waals surface area contributed by atoms with Crippen LogP contribution in [0.2, 0.25) is 0 Å². The molecule has 0 aliphatic heterocycles. The van der Waals surface area contributed by atoms with E-state index in [-0.39, 0.29) is 12.2 Å². The van der Waals surface area contributed by atoms with Gasteiger partial charge in [0.15, 0.2) is 0 Å². The lowest BCUT2D eigenvalue weighted by molar-refractivity contribution is 0.0873. The number of hydrogen-bond acceptors (Lipinski definition) is 4. The van der Waals surface area contributed by atoms with Crippen LogP contribution in [0.25, 0.3) is 0 Å². The molecule has 4 heteroatoms. The Hall–Kier alpha value is -1.26. The van der Waals surface area contributed by atoms with Gasteiger partial charge in [-0.05, 0) is 26.0 Å². The second-order valence-corrected chi connectivity index (χ2v) is 4.24. The molecule has 0 heterocycles. The van der Waals surface area contributed by atoms with E-state index < -0.39 is 0 Å². The van der Waals surface area contributed by atoms with Crippen LogP contribution in [0.4, 0.5) is 0 Å². The minimum absolute atomic E-state index is 0.0154. The minimum atomic E-state index is 0.0154. The summed E-state index contributed by atoms with van der Waals surface area (Å²) in [6.45, 7) is 5.05. The average Bonchev–Trinajstić information content (AvgIpc) is 2.29. The molecule has 0 saturated carbocycles. The van der Waals surface area contributed by atoms with Crippen molar-refractivity contribution in [3.05, 3.63) is 24.3 Å². The third-order valence-corrected chi connectivity index (χ3v) is 2.28. The monoisotopic (exact) mass is 254 g/mol. The molecule has 0 amide bonds. The standard InChI is InChI=1S/C14H22O4/c1-11(9-15-3)17-13-6-5-7-14(8-13)18-12(2)10-16-4/h5-8,11-12H,9-10H2,1-4H3/t11-,12-/m1/s1. The summed E-state index contributed by atoms with van der Waals surface area (Å²) < 4.78 is 21.5. The van der Waals surface area contributed by atoms with Crippen LogP contribution in [0.1, 0.15) is 13.8 Å². The Balaban J connectivity index is 2.56. The zero-order valence-corrected chi connectivity index (χ0v) is 11.5. The molecular weight excluding hydrogens is 232 g/mol. The zero-order valence-electron chi connectivity index (χ0n) is 11.5. The van der Waals surface area contributed by atoms with Crippen LogP contribution in [0.5, 0.6) is 11.5 Å². The largest absolute Gasteiger partial charge is 0.488 e. The molecule has 0 aromatic heterocycles. The molecular formula is C14H22O4. The number of ether oxygens (including phenoxy) is 4. The van der Waals surface area contributed by atoms with Gasteiger partial charge in [0, 0.05) is 20.3 Å². The molecule has 1 aromatic carbocycles. The lowest BCUT2D eigenvalue weighted by Crippen LogP contribution is -2.19. The van der Waals surface area contributed by atoms with E-state index in [0.717, 1.165) is 11.5 Å². The van der Waals surface area contributed by atoms with E-state index in [4.69, 9.17) is 18.9 Å². The highest BCUT2D eigenvalue weighted by atomic mass is 16.5. The summed E-state index contributed by atoms with van der Waals surface area (Å²) in [5.74, 6) is 1.56. The molecule has 0 aliphatic rings. The molecule has 18 heavy (non-hydrogen) atoms. The Morgan fingerprint density at radius 1 is 0.889 bits per heavy atom. The van der Waals surface area contributed by atoms with Gasteiger partial charge in [0.2, 0.25) is 0 Å². The fourth-order valence-electron chi connectivity index (χ4n) is 1.62. The lowest BCUT2D eigenvalue weighted by Gasteiger charge is -2.16. The van der Waals surface area contributed by atoms with Crippen molar-refractivity contribution in [3.8, 4) is 11.5 Å². The summed E-state index contributed by atoms with van der Waals surface area (Å²) in [7, 11) is 3.32. The van der Waals surface area contributed by atoms with Crippen molar-refractivity contribution in [2.45, 2.75) is 26.1 Å². The minimum Gasteiger partial charge on any atom is -0.488 e. The van der Waals surface area contributed by atoms with Gasteiger partial charge < -0.3 is 18.9 Å². The predicted octanol–water partition coefficient (Wildman–Crippen LogP) is 2.51. The van der Waals surface area contributed by atoms with Crippen LogP contribution in [-0.4, -0.2) is 39.6 Å². The summed E-state index contributed by atoms with van der Waals surface area (Å²) in [4.78, 5) is 0.